The Morgan fingerprint density at radius 2 is 2.12 bits per heavy atom. The summed E-state index contributed by atoms with van der Waals surface area (Å²) in [5.41, 5.74) is 2.08. The molecule has 0 aliphatic carbocycles. The van der Waals surface area contributed by atoms with Crippen LogP contribution in [0.25, 0.3) is 0 Å². The zero-order valence-electron chi connectivity index (χ0n) is 9.97. The first-order valence-corrected chi connectivity index (χ1v) is 6.16. The van der Waals surface area contributed by atoms with Crippen LogP contribution in [-0.4, -0.2) is 6.54 Å². The molecule has 3 heteroatoms. The summed E-state index contributed by atoms with van der Waals surface area (Å²) >= 11 is 3.50. The third-order valence-electron chi connectivity index (χ3n) is 2.64. The van der Waals surface area contributed by atoms with E-state index >= 15 is 0 Å². The largest absolute Gasteiger partial charge is 0.385 e. The van der Waals surface area contributed by atoms with Crippen LogP contribution in [0.15, 0.2) is 22.7 Å². The molecule has 0 fully saturated rings. The Balaban J connectivity index is 2.57. The molecule has 0 saturated carbocycles. The Hall–Kier alpha value is -1.01. The standard InChI is InChI=1S/C13H17BrN2/c1-10-11(14)5-4-6-12(10)16-8-7-13(2,3)9-15/h4-6,16H,7-8H2,1-3H3. The van der Waals surface area contributed by atoms with Gasteiger partial charge in [-0.25, -0.2) is 0 Å². The lowest BCUT2D eigenvalue weighted by Gasteiger charge is -2.16. The smallest absolute Gasteiger partial charge is 0.0684 e. The second-order valence-electron chi connectivity index (χ2n) is 4.58. The van der Waals surface area contributed by atoms with Crippen LogP contribution in [0.2, 0.25) is 0 Å². The van der Waals surface area contributed by atoms with Crippen molar-refractivity contribution < 1.29 is 0 Å². The lowest BCUT2D eigenvalue weighted by molar-refractivity contribution is 0.466. The highest BCUT2D eigenvalue weighted by atomic mass is 79.9. The minimum absolute atomic E-state index is 0.257. The van der Waals surface area contributed by atoms with Crippen molar-refractivity contribution in [2.45, 2.75) is 27.2 Å². The zero-order valence-corrected chi connectivity index (χ0v) is 11.6. The van der Waals surface area contributed by atoms with Crippen molar-refractivity contribution in [1.82, 2.24) is 0 Å². The van der Waals surface area contributed by atoms with E-state index in [1.807, 2.05) is 26.0 Å². The first-order valence-electron chi connectivity index (χ1n) is 5.36. The average Bonchev–Trinajstić information content (AvgIpc) is 2.24. The number of nitrogens with one attached hydrogen (secondary N) is 1. The summed E-state index contributed by atoms with van der Waals surface area (Å²) < 4.78 is 1.11. The van der Waals surface area contributed by atoms with Gasteiger partial charge in [0, 0.05) is 16.7 Å². The van der Waals surface area contributed by atoms with Gasteiger partial charge in [0.2, 0.25) is 0 Å². The van der Waals surface area contributed by atoms with E-state index in [9.17, 15) is 0 Å². The second-order valence-corrected chi connectivity index (χ2v) is 5.44. The lowest BCUT2D eigenvalue weighted by atomic mass is 9.91. The minimum Gasteiger partial charge on any atom is -0.385 e. The maximum absolute atomic E-state index is 8.90. The summed E-state index contributed by atoms with van der Waals surface area (Å²) in [4.78, 5) is 0. The van der Waals surface area contributed by atoms with E-state index in [2.05, 4.69) is 40.3 Å². The van der Waals surface area contributed by atoms with Gasteiger partial charge in [0.1, 0.15) is 0 Å². The third-order valence-corrected chi connectivity index (χ3v) is 3.49. The van der Waals surface area contributed by atoms with Crippen molar-refractivity contribution in [1.29, 1.82) is 5.26 Å². The maximum atomic E-state index is 8.90. The van der Waals surface area contributed by atoms with E-state index in [1.54, 1.807) is 0 Å². The van der Waals surface area contributed by atoms with Gasteiger partial charge in [-0.05, 0) is 44.9 Å². The number of anilines is 1. The van der Waals surface area contributed by atoms with Gasteiger partial charge >= 0.3 is 0 Å². The fourth-order valence-corrected chi connectivity index (χ4v) is 1.73. The molecule has 2 nitrogen and oxygen atoms in total. The predicted octanol–water partition coefficient (Wildman–Crippen LogP) is 4.11. The van der Waals surface area contributed by atoms with Crippen LogP contribution < -0.4 is 5.32 Å². The molecule has 0 saturated heterocycles. The number of hydrogen-bond acceptors (Lipinski definition) is 2. The number of nitriles is 1. The highest BCUT2D eigenvalue weighted by molar-refractivity contribution is 9.10. The molecule has 0 spiro atoms. The molecule has 0 bridgehead atoms. The lowest BCUT2D eigenvalue weighted by Crippen LogP contribution is -2.15. The summed E-state index contributed by atoms with van der Waals surface area (Å²) in [6.45, 7) is 6.81. The van der Waals surface area contributed by atoms with Gasteiger partial charge in [0.25, 0.3) is 0 Å². The van der Waals surface area contributed by atoms with Crippen molar-refractivity contribution in [2.75, 3.05) is 11.9 Å². The highest BCUT2D eigenvalue weighted by Crippen LogP contribution is 2.24. The van der Waals surface area contributed by atoms with E-state index < -0.39 is 0 Å². The Morgan fingerprint density at radius 1 is 1.44 bits per heavy atom. The van der Waals surface area contributed by atoms with E-state index in [1.165, 1.54) is 5.56 Å². The molecule has 0 atom stereocenters. The molecule has 1 rings (SSSR count). The molecule has 0 aliphatic rings. The average molecular weight is 281 g/mol. The van der Waals surface area contributed by atoms with Gasteiger partial charge in [-0.15, -0.1) is 0 Å². The van der Waals surface area contributed by atoms with Gasteiger partial charge < -0.3 is 5.32 Å². The normalized spacial score (nSPS) is 10.9. The quantitative estimate of drug-likeness (QED) is 0.901. The fraction of sp³-hybridized carbons (Fsp3) is 0.462. The third kappa shape index (κ3) is 3.53. The van der Waals surface area contributed by atoms with E-state index in [-0.39, 0.29) is 5.41 Å². The van der Waals surface area contributed by atoms with Crippen molar-refractivity contribution >= 4 is 21.6 Å². The summed E-state index contributed by atoms with van der Waals surface area (Å²) in [6, 6.07) is 8.40. The van der Waals surface area contributed by atoms with Crippen LogP contribution >= 0.6 is 15.9 Å². The van der Waals surface area contributed by atoms with Crippen LogP contribution in [0.5, 0.6) is 0 Å². The first kappa shape index (κ1) is 13.1. The number of halogens is 1. The Kier molecular flexibility index (Phi) is 4.37. The molecule has 0 aliphatic heterocycles. The topological polar surface area (TPSA) is 35.8 Å². The van der Waals surface area contributed by atoms with Crippen LogP contribution in [0.1, 0.15) is 25.8 Å². The number of nitrogens with zero attached hydrogens (tertiary/aromatic N) is 1. The maximum Gasteiger partial charge on any atom is 0.0684 e. The summed E-state index contributed by atoms with van der Waals surface area (Å²) in [5, 5.41) is 12.3. The number of benzene rings is 1. The van der Waals surface area contributed by atoms with Gasteiger partial charge in [0.05, 0.1) is 11.5 Å². The summed E-state index contributed by atoms with van der Waals surface area (Å²) in [7, 11) is 0. The van der Waals surface area contributed by atoms with Gasteiger partial charge in [-0.1, -0.05) is 22.0 Å². The van der Waals surface area contributed by atoms with Gasteiger partial charge in [-0.2, -0.15) is 5.26 Å². The van der Waals surface area contributed by atoms with Crippen LogP contribution in [0, 0.1) is 23.7 Å². The van der Waals surface area contributed by atoms with E-state index in [4.69, 9.17) is 5.26 Å². The van der Waals surface area contributed by atoms with Crippen molar-refractivity contribution in [3.63, 3.8) is 0 Å². The highest BCUT2D eigenvalue weighted by Gasteiger charge is 2.15. The molecule has 0 aromatic heterocycles. The SMILES string of the molecule is Cc1c(Br)cccc1NCCC(C)(C)C#N. The molecule has 1 aromatic rings. The van der Waals surface area contributed by atoms with Crippen molar-refractivity contribution in [3.8, 4) is 6.07 Å². The molecule has 0 unspecified atom stereocenters. The predicted molar refractivity (Wildman–Crippen MR) is 71.4 cm³/mol. The first-order chi connectivity index (χ1) is 7.46. The molecule has 1 aromatic carbocycles. The molecular weight excluding hydrogens is 264 g/mol. The second kappa shape index (κ2) is 5.36. The number of hydrogen-bond donors (Lipinski definition) is 1. The van der Waals surface area contributed by atoms with Gasteiger partial charge in [-0.3, -0.25) is 0 Å². The molecule has 16 heavy (non-hydrogen) atoms. The molecular formula is C13H17BrN2. The Morgan fingerprint density at radius 3 is 2.75 bits per heavy atom. The summed E-state index contributed by atoms with van der Waals surface area (Å²) in [5.74, 6) is 0. The van der Waals surface area contributed by atoms with Crippen molar-refractivity contribution in [2.24, 2.45) is 5.41 Å². The van der Waals surface area contributed by atoms with E-state index in [0.29, 0.717) is 0 Å². The molecule has 0 heterocycles. The van der Waals surface area contributed by atoms with Crippen LogP contribution in [-0.2, 0) is 0 Å². The van der Waals surface area contributed by atoms with Crippen LogP contribution in [0.4, 0.5) is 5.69 Å². The van der Waals surface area contributed by atoms with Crippen molar-refractivity contribution in [3.05, 3.63) is 28.2 Å². The Labute approximate surface area is 106 Å². The van der Waals surface area contributed by atoms with E-state index in [0.717, 1.165) is 23.1 Å². The Bertz CT molecular complexity index is 405. The van der Waals surface area contributed by atoms with Crippen LogP contribution in [0.3, 0.4) is 0 Å². The minimum atomic E-state index is -0.257. The van der Waals surface area contributed by atoms with Gasteiger partial charge in [0.15, 0.2) is 0 Å². The molecule has 1 N–H and O–H groups in total. The summed E-state index contributed by atoms with van der Waals surface area (Å²) in [6.07, 6.45) is 0.843. The molecule has 0 radical (unpaired) electrons. The molecule has 86 valence electrons. The number of rotatable bonds is 4. The monoisotopic (exact) mass is 280 g/mol. The fourth-order valence-electron chi connectivity index (χ4n) is 1.36. The molecule has 0 amide bonds. The zero-order chi connectivity index (χ0) is 12.2.